The summed E-state index contributed by atoms with van der Waals surface area (Å²) >= 11 is 7.18. The summed E-state index contributed by atoms with van der Waals surface area (Å²) in [6, 6.07) is 4.67. The Kier molecular flexibility index (Phi) is 4.56. The second kappa shape index (κ2) is 5.47. The molecule has 72 valence electrons. The molecule has 13 heavy (non-hydrogen) atoms. The molecule has 1 aromatic rings. The minimum Gasteiger partial charge on any atom is -0.396 e. The second-order valence-corrected chi connectivity index (χ2v) is 4.04. The van der Waals surface area contributed by atoms with Crippen molar-refractivity contribution in [2.75, 3.05) is 12.4 Å². The summed E-state index contributed by atoms with van der Waals surface area (Å²) in [6.45, 7) is 0.166. The van der Waals surface area contributed by atoms with Crippen LogP contribution in [0.15, 0.2) is 18.2 Å². The van der Waals surface area contributed by atoms with Gasteiger partial charge in [0.2, 0.25) is 0 Å². The topological polar surface area (TPSA) is 20.2 Å². The van der Waals surface area contributed by atoms with Gasteiger partial charge in [-0.25, -0.2) is 4.39 Å². The van der Waals surface area contributed by atoms with E-state index >= 15 is 0 Å². The van der Waals surface area contributed by atoms with Gasteiger partial charge in [0.25, 0.3) is 0 Å². The van der Waals surface area contributed by atoms with Crippen LogP contribution in [-0.2, 0) is 5.75 Å². The van der Waals surface area contributed by atoms with E-state index in [1.54, 1.807) is 23.9 Å². The smallest absolute Gasteiger partial charge is 0.141 e. The van der Waals surface area contributed by atoms with Gasteiger partial charge < -0.3 is 5.11 Å². The molecule has 0 unspecified atom stereocenters. The fourth-order valence-corrected chi connectivity index (χ4v) is 1.78. The Morgan fingerprint density at radius 1 is 1.46 bits per heavy atom. The van der Waals surface area contributed by atoms with Crippen molar-refractivity contribution < 1.29 is 9.50 Å². The van der Waals surface area contributed by atoms with Crippen LogP contribution < -0.4 is 0 Å². The number of rotatable bonds is 4. The standard InChI is InChI=1S/C9H10ClFOS/c10-8-5-7(1-2-9(8)11)6-13-4-3-12/h1-2,5,12H,3-4,6H2. The van der Waals surface area contributed by atoms with Crippen LogP contribution in [0.1, 0.15) is 5.56 Å². The van der Waals surface area contributed by atoms with E-state index in [1.165, 1.54) is 6.07 Å². The van der Waals surface area contributed by atoms with Crippen molar-refractivity contribution in [3.63, 3.8) is 0 Å². The quantitative estimate of drug-likeness (QED) is 0.788. The molecule has 0 saturated heterocycles. The summed E-state index contributed by atoms with van der Waals surface area (Å²) in [7, 11) is 0. The van der Waals surface area contributed by atoms with Crippen LogP contribution in [0, 0.1) is 5.82 Å². The van der Waals surface area contributed by atoms with Crippen LogP contribution in [0.3, 0.4) is 0 Å². The molecule has 4 heteroatoms. The van der Waals surface area contributed by atoms with Gasteiger partial charge in [-0.15, -0.1) is 0 Å². The molecule has 0 amide bonds. The molecular formula is C9H10ClFOS. The largest absolute Gasteiger partial charge is 0.396 e. The van der Waals surface area contributed by atoms with E-state index in [9.17, 15) is 4.39 Å². The first-order valence-corrected chi connectivity index (χ1v) is 5.40. The number of thioether (sulfide) groups is 1. The first kappa shape index (κ1) is 10.8. The summed E-state index contributed by atoms with van der Waals surface area (Å²) in [6.07, 6.45) is 0. The molecule has 0 saturated carbocycles. The third kappa shape index (κ3) is 3.55. The van der Waals surface area contributed by atoms with Gasteiger partial charge in [-0.3, -0.25) is 0 Å². The molecule has 1 nitrogen and oxygen atoms in total. The lowest BCUT2D eigenvalue weighted by Crippen LogP contribution is -1.88. The summed E-state index contributed by atoms with van der Waals surface area (Å²) in [5.41, 5.74) is 0.977. The number of aliphatic hydroxyl groups is 1. The molecule has 0 aliphatic carbocycles. The maximum atomic E-state index is 12.7. The normalized spacial score (nSPS) is 10.4. The average Bonchev–Trinajstić information content (AvgIpc) is 2.12. The summed E-state index contributed by atoms with van der Waals surface area (Å²) in [5, 5.41) is 8.69. The van der Waals surface area contributed by atoms with Gasteiger partial charge in [-0.05, 0) is 17.7 Å². The molecule has 0 aliphatic rings. The Balaban J connectivity index is 2.53. The SMILES string of the molecule is OCCSCc1ccc(F)c(Cl)c1. The highest BCUT2D eigenvalue weighted by atomic mass is 35.5. The van der Waals surface area contributed by atoms with Crippen molar-refractivity contribution in [1.82, 2.24) is 0 Å². The lowest BCUT2D eigenvalue weighted by atomic mass is 10.2. The highest BCUT2D eigenvalue weighted by Gasteiger charge is 2.00. The zero-order valence-corrected chi connectivity index (χ0v) is 8.54. The fraction of sp³-hybridized carbons (Fsp3) is 0.333. The van der Waals surface area contributed by atoms with Crippen LogP contribution in [0.2, 0.25) is 5.02 Å². The Morgan fingerprint density at radius 3 is 2.85 bits per heavy atom. The molecule has 0 atom stereocenters. The first-order valence-electron chi connectivity index (χ1n) is 3.86. The maximum Gasteiger partial charge on any atom is 0.141 e. The average molecular weight is 221 g/mol. The molecule has 1 aromatic carbocycles. The van der Waals surface area contributed by atoms with E-state index in [1.807, 2.05) is 0 Å². The zero-order valence-electron chi connectivity index (χ0n) is 6.96. The second-order valence-electron chi connectivity index (χ2n) is 2.52. The number of hydrogen-bond acceptors (Lipinski definition) is 2. The molecule has 0 bridgehead atoms. The van der Waals surface area contributed by atoms with E-state index in [0.29, 0.717) is 5.75 Å². The highest BCUT2D eigenvalue weighted by Crippen LogP contribution is 2.19. The molecule has 0 fully saturated rings. The van der Waals surface area contributed by atoms with E-state index in [2.05, 4.69) is 0 Å². The third-order valence-electron chi connectivity index (χ3n) is 1.49. The van der Waals surface area contributed by atoms with E-state index in [0.717, 1.165) is 11.3 Å². The number of halogens is 2. The molecule has 0 aliphatic heterocycles. The molecule has 1 rings (SSSR count). The zero-order chi connectivity index (χ0) is 9.68. The van der Waals surface area contributed by atoms with Crippen molar-refractivity contribution in [2.24, 2.45) is 0 Å². The fourth-order valence-electron chi connectivity index (χ4n) is 0.884. The van der Waals surface area contributed by atoms with Crippen LogP contribution in [0.5, 0.6) is 0 Å². The third-order valence-corrected chi connectivity index (χ3v) is 2.79. The van der Waals surface area contributed by atoms with Crippen molar-refractivity contribution in [3.8, 4) is 0 Å². The van der Waals surface area contributed by atoms with E-state index in [-0.39, 0.29) is 11.6 Å². The maximum absolute atomic E-state index is 12.7. The highest BCUT2D eigenvalue weighted by molar-refractivity contribution is 7.98. The van der Waals surface area contributed by atoms with Crippen LogP contribution >= 0.6 is 23.4 Å². The van der Waals surface area contributed by atoms with Crippen LogP contribution in [0.25, 0.3) is 0 Å². The van der Waals surface area contributed by atoms with Crippen molar-refractivity contribution in [1.29, 1.82) is 0 Å². The predicted octanol–water partition coefficient (Wildman–Crippen LogP) is 2.70. The molecule has 1 N–H and O–H groups in total. The summed E-state index contributed by atoms with van der Waals surface area (Å²) in [4.78, 5) is 0. The number of aliphatic hydroxyl groups excluding tert-OH is 1. The van der Waals surface area contributed by atoms with Crippen molar-refractivity contribution in [3.05, 3.63) is 34.6 Å². The summed E-state index contributed by atoms with van der Waals surface area (Å²) < 4.78 is 12.7. The Bertz CT molecular complexity index is 280. The van der Waals surface area contributed by atoms with E-state index in [4.69, 9.17) is 16.7 Å². The van der Waals surface area contributed by atoms with E-state index < -0.39 is 5.82 Å². The van der Waals surface area contributed by atoms with Gasteiger partial charge >= 0.3 is 0 Å². The molecular weight excluding hydrogens is 211 g/mol. The monoisotopic (exact) mass is 220 g/mol. The number of hydrogen-bond donors (Lipinski definition) is 1. The Hall–Kier alpha value is -0.250. The Morgan fingerprint density at radius 2 is 2.23 bits per heavy atom. The minimum atomic E-state index is -0.391. The van der Waals surface area contributed by atoms with Gasteiger partial charge in [0.05, 0.1) is 11.6 Å². The first-order chi connectivity index (χ1) is 6.24. The molecule has 0 spiro atoms. The van der Waals surface area contributed by atoms with Gasteiger partial charge in [0.1, 0.15) is 5.82 Å². The van der Waals surface area contributed by atoms with Crippen LogP contribution in [-0.4, -0.2) is 17.5 Å². The predicted molar refractivity (Wildman–Crippen MR) is 54.7 cm³/mol. The lowest BCUT2D eigenvalue weighted by molar-refractivity contribution is 0.322. The van der Waals surface area contributed by atoms with Gasteiger partial charge in [0, 0.05) is 11.5 Å². The van der Waals surface area contributed by atoms with Crippen LogP contribution in [0.4, 0.5) is 4.39 Å². The van der Waals surface area contributed by atoms with Gasteiger partial charge in [-0.1, -0.05) is 17.7 Å². The molecule has 0 heterocycles. The summed E-state index contributed by atoms with van der Waals surface area (Å²) in [5.74, 6) is 1.05. The van der Waals surface area contributed by atoms with Crippen molar-refractivity contribution in [2.45, 2.75) is 5.75 Å². The number of benzene rings is 1. The molecule has 0 aromatic heterocycles. The van der Waals surface area contributed by atoms with Gasteiger partial charge in [0.15, 0.2) is 0 Å². The minimum absolute atomic E-state index is 0.155. The van der Waals surface area contributed by atoms with Gasteiger partial charge in [-0.2, -0.15) is 11.8 Å². The lowest BCUT2D eigenvalue weighted by Gasteiger charge is -2.01. The van der Waals surface area contributed by atoms with Crippen molar-refractivity contribution >= 4 is 23.4 Å². The Labute approximate surface area is 85.9 Å². The molecule has 0 radical (unpaired) electrons.